The second-order valence-corrected chi connectivity index (χ2v) is 9.46. The highest BCUT2D eigenvalue weighted by atomic mass is 16.5. The average molecular weight is 564 g/mol. The van der Waals surface area contributed by atoms with Crippen LogP contribution in [0.2, 0.25) is 0 Å². The molecule has 0 N–H and O–H groups in total. The molecular formula is C38H29NO4. The molecular weight excluding hydrogens is 534 g/mol. The summed E-state index contributed by atoms with van der Waals surface area (Å²) in [5.41, 5.74) is 6.86. The average Bonchev–Trinajstić information content (AvgIpc) is 3.06. The highest BCUT2D eigenvalue weighted by Crippen LogP contribution is 2.37. The van der Waals surface area contributed by atoms with Crippen LogP contribution >= 0.6 is 0 Å². The van der Waals surface area contributed by atoms with Crippen molar-refractivity contribution in [1.82, 2.24) is 0 Å². The van der Waals surface area contributed by atoms with Crippen LogP contribution in [-0.2, 0) is 9.59 Å². The maximum Gasteiger partial charge on any atom is 0.335 e. The Morgan fingerprint density at radius 2 is 1.05 bits per heavy atom. The van der Waals surface area contributed by atoms with Gasteiger partial charge < -0.3 is 14.4 Å². The van der Waals surface area contributed by atoms with Crippen molar-refractivity contribution in [3.8, 4) is 11.5 Å². The van der Waals surface area contributed by atoms with E-state index in [4.69, 9.17) is 9.47 Å². The molecule has 0 bridgehead atoms. The lowest BCUT2D eigenvalue weighted by molar-refractivity contribution is -0.129. The molecule has 0 saturated carbocycles. The van der Waals surface area contributed by atoms with Gasteiger partial charge in [0.05, 0.1) is 0 Å². The molecule has 0 spiro atoms. The van der Waals surface area contributed by atoms with Gasteiger partial charge in [-0.05, 0) is 76.9 Å². The Bertz CT molecular complexity index is 1720. The van der Waals surface area contributed by atoms with Crippen LogP contribution in [-0.4, -0.2) is 11.9 Å². The van der Waals surface area contributed by atoms with Crippen LogP contribution in [0.3, 0.4) is 0 Å². The van der Waals surface area contributed by atoms with Crippen LogP contribution in [0.15, 0.2) is 159 Å². The fourth-order valence-corrected chi connectivity index (χ4v) is 4.57. The van der Waals surface area contributed by atoms with Gasteiger partial charge in [-0.2, -0.15) is 0 Å². The van der Waals surface area contributed by atoms with E-state index in [9.17, 15) is 9.59 Å². The van der Waals surface area contributed by atoms with Crippen LogP contribution < -0.4 is 14.4 Å². The molecule has 0 heterocycles. The number of rotatable bonds is 10. The first-order chi connectivity index (χ1) is 21.0. The van der Waals surface area contributed by atoms with E-state index < -0.39 is 11.9 Å². The minimum atomic E-state index is -0.541. The summed E-state index contributed by atoms with van der Waals surface area (Å²) in [6.45, 7) is 6.93. The molecule has 43 heavy (non-hydrogen) atoms. The van der Waals surface area contributed by atoms with E-state index in [0.29, 0.717) is 11.5 Å². The number of carbonyl (C=O) groups is 2. The smallest absolute Gasteiger partial charge is 0.335 e. The number of esters is 2. The topological polar surface area (TPSA) is 55.8 Å². The molecule has 0 unspecified atom stereocenters. The molecule has 5 rings (SSSR count). The van der Waals surface area contributed by atoms with Crippen LogP contribution in [0.4, 0.5) is 17.1 Å². The lowest BCUT2D eigenvalue weighted by Crippen LogP contribution is -2.11. The summed E-state index contributed by atoms with van der Waals surface area (Å²) < 4.78 is 10.7. The third kappa shape index (κ3) is 7.23. The number of benzene rings is 5. The molecule has 0 aliphatic rings. The van der Waals surface area contributed by atoms with Crippen LogP contribution in [0, 0.1) is 0 Å². The van der Waals surface area contributed by atoms with Crippen LogP contribution in [0.25, 0.3) is 11.6 Å². The summed E-state index contributed by atoms with van der Waals surface area (Å²) in [4.78, 5) is 25.6. The second kappa shape index (κ2) is 13.6. The standard InChI is InChI=1S/C38H29NO4/c1-3-37(40)42-34-24-22-32(23-25-34)39(33-16-11-17-35(27-33)43-38(41)4-2)31-20-18-28(19-21-31)26-36(29-12-7-5-8-13-29)30-14-9-6-10-15-30/h3-27H,1-2H2. The van der Waals surface area contributed by atoms with E-state index in [1.165, 1.54) is 0 Å². The SMILES string of the molecule is C=CC(=O)Oc1ccc(N(c2ccc(C=C(c3ccccc3)c3ccccc3)cc2)c2cccc(OC(=O)C=C)c2)cc1. The fourth-order valence-electron chi connectivity index (χ4n) is 4.57. The van der Waals surface area contributed by atoms with Gasteiger partial charge in [-0.3, -0.25) is 0 Å². The van der Waals surface area contributed by atoms with Gasteiger partial charge in [-0.25, -0.2) is 9.59 Å². The summed E-state index contributed by atoms with van der Waals surface area (Å²) in [7, 11) is 0. The minimum absolute atomic E-state index is 0.388. The quantitative estimate of drug-likeness (QED) is 0.0735. The lowest BCUT2D eigenvalue weighted by atomic mass is 9.95. The predicted octanol–water partition coefficient (Wildman–Crippen LogP) is 8.93. The molecule has 0 fully saturated rings. The number of ether oxygens (including phenoxy) is 2. The maximum atomic E-state index is 11.9. The summed E-state index contributed by atoms with van der Waals surface area (Å²) in [6.07, 6.45) is 4.42. The van der Waals surface area contributed by atoms with Crippen molar-refractivity contribution in [3.05, 3.63) is 175 Å². The van der Waals surface area contributed by atoms with E-state index in [2.05, 4.69) is 55.6 Å². The first kappa shape index (κ1) is 28.6. The van der Waals surface area contributed by atoms with Gasteiger partial charge in [0, 0.05) is 35.3 Å². The molecule has 0 amide bonds. The molecule has 0 atom stereocenters. The van der Waals surface area contributed by atoms with E-state index in [1.54, 1.807) is 24.3 Å². The molecule has 0 saturated heterocycles. The third-order valence-electron chi connectivity index (χ3n) is 6.57. The Balaban J connectivity index is 1.54. The normalized spacial score (nSPS) is 10.2. The predicted molar refractivity (Wildman–Crippen MR) is 173 cm³/mol. The number of hydrogen-bond acceptors (Lipinski definition) is 5. The van der Waals surface area contributed by atoms with E-state index in [0.717, 1.165) is 51.5 Å². The van der Waals surface area contributed by atoms with Gasteiger partial charge in [0.2, 0.25) is 0 Å². The number of nitrogens with zero attached hydrogens (tertiary/aromatic N) is 1. The Hall–Kier alpha value is -5.94. The molecule has 5 aromatic carbocycles. The molecule has 0 radical (unpaired) electrons. The van der Waals surface area contributed by atoms with Gasteiger partial charge in [0.25, 0.3) is 0 Å². The lowest BCUT2D eigenvalue weighted by Gasteiger charge is -2.26. The van der Waals surface area contributed by atoms with Crippen molar-refractivity contribution in [1.29, 1.82) is 0 Å². The summed E-state index contributed by atoms with van der Waals surface area (Å²) in [5, 5.41) is 0. The molecule has 5 nitrogen and oxygen atoms in total. The molecule has 5 heteroatoms. The zero-order valence-corrected chi connectivity index (χ0v) is 23.4. The summed E-state index contributed by atoms with van der Waals surface area (Å²) >= 11 is 0. The summed E-state index contributed by atoms with van der Waals surface area (Å²) in [5.74, 6) is -0.285. The number of anilines is 3. The van der Waals surface area contributed by atoms with E-state index in [-0.39, 0.29) is 0 Å². The van der Waals surface area contributed by atoms with Crippen molar-refractivity contribution in [2.24, 2.45) is 0 Å². The van der Waals surface area contributed by atoms with Crippen molar-refractivity contribution in [2.75, 3.05) is 4.90 Å². The van der Waals surface area contributed by atoms with Gasteiger partial charge in [0.1, 0.15) is 11.5 Å². The van der Waals surface area contributed by atoms with Crippen molar-refractivity contribution < 1.29 is 19.1 Å². The van der Waals surface area contributed by atoms with Gasteiger partial charge >= 0.3 is 11.9 Å². The molecule has 0 aromatic heterocycles. The Morgan fingerprint density at radius 3 is 1.58 bits per heavy atom. The third-order valence-corrected chi connectivity index (χ3v) is 6.57. The van der Waals surface area contributed by atoms with Crippen molar-refractivity contribution in [2.45, 2.75) is 0 Å². The maximum absolute atomic E-state index is 11.9. The summed E-state index contributed by atoms with van der Waals surface area (Å²) in [6, 6.07) is 43.2. The van der Waals surface area contributed by atoms with E-state index >= 15 is 0 Å². The monoisotopic (exact) mass is 563 g/mol. The highest BCUT2D eigenvalue weighted by molar-refractivity contribution is 5.92. The van der Waals surface area contributed by atoms with Crippen LogP contribution in [0.1, 0.15) is 16.7 Å². The first-order valence-corrected chi connectivity index (χ1v) is 13.7. The highest BCUT2D eigenvalue weighted by Gasteiger charge is 2.15. The van der Waals surface area contributed by atoms with E-state index in [1.807, 2.05) is 77.7 Å². The second-order valence-electron chi connectivity index (χ2n) is 9.46. The Morgan fingerprint density at radius 1 is 0.535 bits per heavy atom. The largest absolute Gasteiger partial charge is 0.423 e. The van der Waals surface area contributed by atoms with Gasteiger partial charge in [-0.15, -0.1) is 0 Å². The Kier molecular flexibility index (Phi) is 9.05. The fraction of sp³-hybridized carbons (Fsp3) is 0. The van der Waals surface area contributed by atoms with Gasteiger partial charge in [-0.1, -0.05) is 92.0 Å². The molecule has 210 valence electrons. The zero-order chi connectivity index (χ0) is 30.0. The number of hydrogen-bond donors (Lipinski definition) is 0. The van der Waals surface area contributed by atoms with Gasteiger partial charge in [0.15, 0.2) is 0 Å². The molecule has 5 aromatic rings. The number of carbonyl (C=O) groups excluding carboxylic acids is 2. The molecule has 0 aliphatic heterocycles. The van der Waals surface area contributed by atoms with Crippen molar-refractivity contribution in [3.63, 3.8) is 0 Å². The minimum Gasteiger partial charge on any atom is -0.423 e. The van der Waals surface area contributed by atoms with Crippen molar-refractivity contribution >= 4 is 40.6 Å². The zero-order valence-electron chi connectivity index (χ0n) is 23.4. The first-order valence-electron chi connectivity index (χ1n) is 13.7. The Labute approximate surface area is 251 Å². The molecule has 0 aliphatic carbocycles. The van der Waals surface area contributed by atoms with Crippen LogP contribution in [0.5, 0.6) is 11.5 Å².